The van der Waals surface area contributed by atoms with Crippen molar-refractivity contribution in [3.63, 3.8) is 0 Å². The van der Waals surface area contributed by atoms with E-state index in [-0.39, 0.29) is 12.4 Å². The molecule has 0 aliphatic carbocycles. The van der Waals surface area contributed by atoms with Gasteiger partial charge in [0.05, 0.1) is 6.61 Å². The zero-order valence-electron chi connectivity index (χ0n) is 10.2. The van der Waals surface area contributed by atoms with Gasteiger partial charge in [-0.05, 0) is 6.07 Å². The van der Waals surface area contributed by atoms with Gasteiger partial charge in [-0.2, -0.15) is 0 Å². The molecule has 0 saturated carbocycles. The predicted octanol–water partition coefficient (Wildman–Crippen LogP) is 1.27. The first-order valence-electron chi connectivity index (χ1n) is 6.00. The molecule has 1 aromatic rings. The standard InChI is InChI=1S/C14H17NO3/c1-2-11-5-3-4-6-13(11)18-10-12(16)14-9-15-7-8-17-14/h2-6,14-15H,1,7-10H2. The summed E-state index contributed by atoms with van der Waals surface area (Å²) in [4.78, 5) is 11.9. The van der Waals surface area contributed by atoms with Crippen LogP contribution in [0.25, 0.3) is 6.08 Å². The van der Waals surface area contributed by atoms with Gasteiger partial charge in [-0.1, -0.05) is 30.9 Å². The second-order valence-corrected chi connectivity index (χ2v) is 4.06. The normalized spacial score (nSPS) is 19.2. The molecule has 0 amide bonds. The van der Waals surface area contributed by atoms with Gasteiger partial charge in [0.1, 0.15) is 18.5 Å². The topological polar surface area (TPSA) is 47.6 Å². The number of hydrogen-bond acceptors (Lipinski definition) is 4. The molecule has 4 nitrogen and oxygen atoms in total. The Hall–Kier alpha value is -1.65. The Bertz CT molecular complexity index is 425. The summed E-state index contributed by atoms with van der Waals surface area (Å²) in [6, 6.07) is 7.49. The lowest BCUT2D eigenvalue weighted by Gasteiger charge is -2.22. The molecule has 1 N–H and O–H groups in total. The summed E-state index contributed by atoms with van der Waals surface area (Å²) in [6.07, 6.45) is 1.31. The molecule has 0 bridgehead atoms. The third-order valence-corrected chi connectivity index (χ3v) is 2.80. The van der Waals surface area contributed by atoms with E-state index in [9.17, 15) is 4.79 Å². The lowest BCUT2D eigenvalue weighted by molar-refractivity contribution is -0.134. The van der Waals surface area contributed by atoms with Crippen molar-refractivity contribution in [2.75, 3.05) is 26.3 Å². The minimum Gasteiger partial charge on any atom is -0.485 e. The number of morpholine rings is 1. The molecule has 0 spiro atoms. The fourth-order valence-electron chi connectivity index (χ4n) is 1.79. The van der Waals surface area contributed by atoms with Crippen LogP contribution in [0.2, 0.25) is 0 Å². The van der Waals surface area contributed by atoms with Crippen LogP contribution in [0.5, 0.6) is 5.75 Å². The third-order valence-electron chi connectivity index (χ3n) is 2.80. The highest BCUT2D eigenvalue weighted by molar-refractivity contribution is 5.85. The quantitative estimate of drug-likeness (QED) is 0.851. The summed E-state index contributed by atoms with van der Waals surface area (Å²) in [6.45, 7) is 5.66. The highest BCUT2D eigenvalue weighted by Gasteiger charge is 2.22. The average Bonchev–Trinajstić information content (AvgIpc) is 2.46. The molecule has 1 aromatic carbocycles. The molecule has 1 saturated heterocycles. The van der Waals surface area contributed by atoms with Crippen molar-refractivity contribution in [3.8, 4) is 5.75 Å². The molecule has 4 heteroatoms. The fourth-order valence-corrected chi connectivity index (χ4v) is 1.79. The van der Waals surface area contributed by atoms with Gasteiger partial charge in [0.15, 0.2) is 5.78 Å². The van der Waals surface area contributed by atoms with Crippen molar-refractivity contribution in [2.45, 2.75) is 6.10 Å². The lowest BCUT2D eigenvalue weighted by atomic mass is 10.2. The van der Waals surface area contributed by atoms with Gasteiger partial charge in [0.2, 0.25) is 0 Å². The van der Waals surface area contributed by atoms with Gasteiger partial charge in [0.25, 0.3) is 0 Å². The largest absolute Gasteiger partial charge is 0.485 e. The number of hydrogen-bond donors (Lipinski definition) is 1. The highest BCUT2D eigenvalue weighted by Crippen LogP contribution is 2.18. The molecular weight excluding hydrogens is 230 g/mol. The minimum atomic E-state index is -0.394. The van der Waals surface area contributed by atoms with Crippen LogP contribution in [-0.2, 0) is 9.53 Å². The van der Waals surface area contributed by atoms with Crippen molar-refractivity contribution in [1.82, 2.24) is 5.32 Å². The minimum absolute atomic E-state index is 0.0250. The zero-order chi connectivity index (χ0) is 12.8. The Kier molecular flexibility index (Phi) is 4.50. The van der Waals surface area contributed by atoms with Crippen molar-refractivity contribution in [3.05, 3.63) is 36.4 Å². The number of ketones is 1. The van der Waals surface area contributed by atoms with E-state index in [4.69, 9.17) is 9.47 Å². The summed E-state index contributed by atoms with van der Waals surface area (Å²) in [5, 5.41) is 3.12. The SMILES string of the molecule is C=Cc1ccccc1OCC(=O)C1CNCCO1. The molecule has 1 fully saturated rings. The predicted molar refractivity (Wildman–Crippen MR) is 69.6 cm³/mol. The molecule has 0 aromatic heterocycles. The van der Waals surface area contributed by atoms with E-state index in [1.54, 1.807) is 6.08 Å². The van der Waals surface area contributed by atoms with Crippen LogP contribution in [0.15, 0.2) is 30.8 Å². The van der Waals surface area contributed by atoms with Crippen molar-refractivity contribution >= 4 is 11.9 Å². The van der Waals surface area contributed by atoms with Gasteiger partial charge in [-0.3, -0.25) is 4.79 Å². The number of nitrogens with one attached hydrogen (secondary N) is 1. The Morgan fingerprint density at radius 2 is 2.39 bits per heavy atom. The second-order valence-electron chi connectivity index (χ2n) is 4.06. The van der Waals surface area contributed by atoms with Gasteiger partial charge in [0, 0.05) is 18.7 Å². The fraction of sp³-hybridized carbons (Fsp3) is 0.357. The molecule has 2 rings (SSSR count). The Balaban J connectivity index is 1.90. The van der Waals surface area contributed by atoms with E-state index in [0.29, 0.717) is 18.9 Å². The van der Waals surface area contributed by atoms with Gasteiger partial charge < -0.3 is 14.8 Å². The Morgan fingerprint density at radius 3 is 3.11 bits per heavy atom. The average molecular weight is 247 g/mol. The molecular formula is C14H17NO3. The van der Waals surface area contributed by atoms with Crippen LogP contribution in [0, 0.1) is 0 Å². The Labute approximate surface area is 107 Å². The second kappa shape index (κ2) is 6.33. The highest BCUT2D eigenvalue weighted by atomic mass is 16.5. The molecule has 1 aliphatic heterocycles. The van der Waals surface area contributed by atoms with Crippen molar-refractivity contribution in [2.24, 2.45) is 0 Å². The maximum absolute atomic E-state index is 11.9. The van der Waals surface area contributed by atoms with Crippen LogP contribution < -0.4 is 10.1 Å². The van der Waals surface area contributed by atoms with Crippen molar-refractivity contribution < 1.29 is 14.3 Å². The summed E-state index contributed by atoms with van der Waals surface area (Å²) in [7, 11) is 0. The van der Waals surface area contributed by atoms with Crippen LogP contribution in [0.4, 0.5) is 0 Å². The molecule has 1 aliphatic rings. The van der Waals surface area contributed by atoms with Gasteiger partial charge in [-0.15, -0.1) is 0 Å². The summed E-state index contributed by atoms with van der Waals surface area (Å²) in [5.74, 6) is 0.630. The zero-order valence-corrected chi connectivity index (χ0v) is 10.2. The van der Waals surface area contributed by atoms with Gasteiger partial charge in [-0.25, -0.2) is 0 Å². The van der Waals surface area contributed by atoms with E-state index in [2.05, 4.69) is 11.9 Å². The first-order valence-corrected chi connectivity index (χ1v) is 6.00. The number of para-hydroxylation sites is 1. The number of carbonyl (C=O) groups is 1. The molecule has 1 unspecified atom stereocenters. The number of carbonyl (C=O) groups excluding carboxylic acids is 1. The molecule has 18 heavy (non-hydrogen) atoms. The molecule has 1 heterocycles. The van der Waals surface area contributed by atoms with Crippen LogP contribution in [0.1, 0.15) is 5.56 Å². The van der Waals surface area contributed by atoms with E-state index < -0.39 is 6.10 Å². The number of benzene rings is 1. The van der Waals surface area contributed by atoms with E-state index in [1.165, 1.54) is 0 Å². The van der Waals surface area contributed by atoms with Crippen LogP contribution >= 0.6 is 0 Å². The summed E-state index contributed by atoms with van der Waals surface area (Å²) < 4.78 is 10.9. The van der Waals surface area contributed by atoms with Crippen LogP contribution in [-0.4, -0.2) is 38.2 Å². The smallest absolute Gasteiger partial charge is 0.200 e. The number of Topliss-reactive ketones (excluding diaryl/α,β-unsaturated/α-hetero) is 1. The monoisotopic (exact) mass is 247 g/mol. The molecule has 96 valence electrons. The first-order chi connectivity index (χ1) is 8.81. The maximum atomic E-state index is 11.9. The van der Waals surface area contributed by atoms with Crippen molar-refractivity contribution in [1.29, 1.82) is 0 Å². The molecule has 1 atom stereocenters. The van der Waals surface area contributed by atoms with E-state index >= 15 is 0 Å². The summed E-state index contributed by atoms with van der Waals surface area (Å²) >= 11 is 0. The number of rotatable bonds is 5. The first kappa shape index (κ1) is 12.8. The Morgan fingerprint density at radius 1 is 1.56 bits per heavy atom. The maximum Gasteiger partial charge on any atom is 0.200 e. The summed E-state index contributed by atoms with van der Waals surface area (Å²) in [5.41, 5.74) is 0.882. The third kappa shape index (κ3) is 3.18. The van der Waals surface area contributed by atoms with Crippen LogP contribution in [0.3, 0.4) is 0 Å². The lowest BCUT2D eigenvalue weighted by Crippen LogP contribution is -2.44. The van der Waals surface area contributed by atoms with E-state index in [0.717, 1.165) is 12.1 Å². The number of ether oxygens (including phenoxy) is 2. The molecule has 0 radical (unpaired) electrons. The van der Waals surface area contributed by atoms with Gasteiger partial charge >= 0.3 is 0 Å². The van der Waals surface area contributed by atoms with E-state index in [1.807, 2.05) is 24.3 Å².